The molecule has 1 aliphatic carbocycles. The van der Waals surface area contributed by atoms with E-state index in [0.29, 0.717) is 5.92 Å². The zero-order chi connectivity index (χ0) is 14.1. The van der Waals surface area contributed by atoms with Crippen LogP contribution < -0.4 is 0 Å². The average Bonchev–Trinajstić information content (AvgIpc) is 3.21. The van der Waals surface area contributed by atoms with Gasteiger partial charge in [0.2, 0.25) is 0 Å². The number of para-hydroxylation sites is 2. The van der Waals surface area contributed by atoms with E-state index in [1.807, 2.05) is 18.2 Å². The summed E-state index contributed by atoms with van der Waals surface area (Å²) in [6.45, 7) is 3.20. The molecule has 1 fully saturated rings. The van der Waals surface area contributed by atoms with Crippen LogP contribution in [0.1, 0.15) is 19.8 Å². The van der Waals surface area contributed by atoms with Gasteiger partial charge in [0.25, 0.3) is 0 Å². The van der Waals surface area contributed by atoms with Crippen LogP contribution in [0, 0.1) is 11.8 Å². The fourth-order valence-corrected chi connectivity index (χ4v) is 3.31. The number of fused-ring (bicyclic) bond motifs is 1. The summed E-state index contributed by atoms with van der Waals surface area (Å²) in [6, 6.07) is 8.02. The van der Waals surface area contributed by atoms with Gasteiger partial charge in [-0.2, -0.15) is 0 Å². The van der Waals surface area contributed by atoms with Crippen LogP contribution >= 0.6 is 11.8 Å². The van der Waals surface area contributed by atoms with E-state index in [2.05, 4.69) is 22.5 Å². The molecule has 0 bridgehead atoms. The first-order chi connectivity index (χ1) is 9.65. The van der Waals surface area contributed by atoms with Crippen molar-refractivity contribution in [3.8, 4) is 0 Å². The van der Waals surface area contributed by atoms with E-state index < -0.39 is 5.97 Å². The molecule has 0 saturated heterocycles. The van der Waals surface area contributed by atoms with Gasteiger partial charge in [0, 0.05) is 6.54 Å². The van der Waals surface area contributed by atoms with Crippen LogP contribution in [0.3, 0.4) is 0 Å². The van der Waals surface area contributed by atoms with E-state index in [4.69, 9.17) is 5.11 Å². The largest absolute Gasteiger partial charge is 0.481 e. The third kappa shape index (κ3) is 2.82. The lowest BCUT2D eigenvalue weighted by Crippen LogP contribution is -2.11. The normalized spacial score (nSPS) is 16.4. The average molecular weight is 290 g/mol. The summed E-state index contributed by atoms with van der Waals surface area (Å²) in [5, 5.41) is 9.68. The Bertz CT molecular complexity index is 634. The van der Waals surface area contributed by atoms with Crippen molar-refractivity contribution in [1.29, 1.82) is 0 Å². The summed E-state index contributed by atoms with van der Waals surface area (Å²) in [6.07, 6.45) is 2.65. The third-order valence-corrected chi connectivity index (χ3v) is 4.80. The van der Waals surface area contributed by atoms with Crippen molar-refractivity contribution in [1.82, 2.24) is 9.55 Å². The molecule has 20 heavy (non-hydrogen) atoms. The Morgan fingerprint density at radius 2 is 2.25 bits per heavy atom. The molecule has 0 aliphatic heterocycles. The summed E-state index contributed by atoms with van der Waals surface area (Å²) in [5.41, 5.74) is 2.05. The predicted octanol–water partition coefficient (Wildman–Crippen LogP) is 3.26. The Labute approximate surface area is 122 Å². The van der Waals surface area contributed by atoms with E-state index in [1.54, 1.807) is 0 Å². The number of aliphatic carboxylic acids is 1. The highest BCUT2D eigenvalue weighted by atomic mass is 32.2. The summed E-state index contributed by atoms with van der Waals surface area (Å²) in [4.78, 5) is 15.4. The Morgan fingerprint density at radius 1 is 1.50 bits per heavy atom. The van der Waals surface area contributed by atoms with Crippen molar-refractivity contribution in [3.05, 3.63) is 24.3 Å². The Hall–Kier alpha value is -1.49. The van der Waals surface area contributed by atoms with Crippen molar-refractivity contribution in [2.75, 3.05) is 5.75 Å². The number of aromatic nitrogens is 2. The maximum absolute atomic E-state index is 10.8. The molecular formula is C15H18N2O2S. The van der Waals surface area contributed by atoms with Crippen molar-refractivity contribution in [2.45, 2.75) is 31.5 Å². The molecule has 1 aliphatic rings. The molecule has 0 radical (unpaired) electrons. The van der Waals surface area contributed by atoms with Crippen LogP contribution in [-0.4, -0.2) is 26.4 Å². The molecule has 4 nitrogen and oxygen atoms in total. The zero-order valence-corrected chi connectivity index (χ0v) is 12.3. The van der Waals surface area contributed by atoms with E-state index in [9.17, 15) is 4.79 Å². The number of carboxylic acids is 1. The highest BCUT2D eigenvalue weighted by molar-refractivity contribution is 7.99. The summed E-state index contributed by atoms with van der Waals surface area (Å²) >= 11 is 1.31. The Morgan fingerprint density at radius 3 is 2.95 bits per heavy atom. The number of imidazole rings is 1. The van der Waals surface area contributed by atoms with Gasteiger partial charge in [-0.1, -0.05) is 30.8 Å². The van der Waals surface area contributed by atoms with Crippen molar-refractivity contribution in [2.24, 2.45) is 11.8 Å². The molecule has 1 aromatic carbocycles. The molecule has 2 aromatic rings. The van der Waals surface area contributed by atoms with E-state index in [-0.39, 0.29) is 5.75 Å². The predicted molar refractivity (Wildman–Crippen MR) is 80.0 cm³/mol. The van der Waals surface area contributed by atoms with Gasteiger partial charge in [0.15, 0.2) is 5.16 Å². The van der Waals surface area contributed by atoms with Gasteiger partial charge in [-0.3, -0.25) is 4.79 Å². The van der Waals surface area contributed by atoms with Crippen molar-refractivity contribution >= 4 is 28.8 Å². The molecule has 0 spiro atoms. The minimum atomic E-state index is -0.802. The summed E-state index contributed by atoms with van der Waals surface area (Å²) < 4.78 is 2.19. The second-order valence-corrected chi connectivity index (χ2v) is 6.43. The van der Waals surface area contributed by atoms with E-state index in [1.165, 1.54) is 24.6 Å². The second kappa shape index (κ2) is 5.48. The molecule has 5 heteroatoms. The Kier molecular flexibility index (Phi) is 3.70. The minimum Gasteiger partial charge on any atom is -0.481 e. The molecule has 1 heterocycles. The van der Waals surface area contributed by atoms with E-state index in [0.717, 1.165) is 28.7 Å². The number of carbonyl (C=O) groups is 1. The first kappa shape index (κ1) is 13.5. The zero-order valence-electron chi connectivity index (χ0n) is 11.5. The molecule has 106 valence electrons. The molecule has 0 amide bonds. The van der Waals surface area contributed by atoms with Crippen LogP contribution in [-0.2, 0) is 11.3 Å². The quantitative estimate of drug-likeness (QED) is 0.830. The van der Waals surface area contributed by atoms with Crippen molar-refractivity contribution in [3.63, 3.8) is 0 Å². The number of hydrogen-bond donors (Lipinski definition) is 1. The standard InChI is InChI=1S/C15H18N2O2S/c1-10(11-6-7-11)8-17-13-5-3-2-4-12(13)16-15(17)20-9-14(18)19/h2-5,10-11H,6-9H2,1H3,(H,18,19). The lowest BCUT2D eigenvalue weighted by molar-refractivity contribution is -0.133. The van der Waals surface area contributed by atoms with Gasteiger partial charge >= 0.3 is 5.97 Å². The molecule has 1 aromatic heterocycles. The van der Waals surface area contributed by atoms with Crippen molar-refractivity contribution < 1.29 is 9.90 Å². The van der Waals surface area contributed by atoms with Gasteiger partial charge in [0.05, 0.1) is 16.8 Å². The highest BCUT2D eigenvalue weighted by Gasteiger charge is 2.29. The number of nitrogens with zero attached hydrogens (tertiary/aromatic N) is 2. The molecule has 1 unspecified atom stereocenters. The lowest BCUT2D eigenvalue weighted by Gasteiger charge is -2.14. The van der Waals surface area contributed by atoms with Gasteiger partial charge < -0.3 is 9.67 Å². The van der Waals surface area contributed by atoms with Crippen LogP contribution in [0.2, 0.25) is 0 Å². The SMILES string of the molecule is CC(Cn1c(SCC(=O)O)nc2ccccc21)C1CC1. The van der Waals surface area contributed by atoms with Gasteiger partial charge in [-0.05, 0) is 36.8 Å². The maximum atomic E-state index is 10.8. The molecule has 1 N–H and O–H groups in total. The lowest BCUT2D eigenvalue weighted by atomic mass is 10.1. The number of rotatable bonds is 6. The number of thioether (sulfide) groups is 1. The molecule has 3 rings (SSSR count). The first-order valence-corrected chi connectivity index (χ1v) is 7.93. The topological polar surface area (TPSA) is 55.1 Å². The van der Waals surface area contributed by atoms with Gasteiger partial charge in [-0.25, -0.2) is 4.98 Å². The van der Waals surface area contributed by atoms with Gasteiger partial charge in [0.1, 0.15) is 0 Å². The van der Waals surface area contributed by atoms with Gasteiger partial charge in [-0.15, -0.1) is 0 Å². The number of benzene rings is 1. The summed E-state index contributed by atoms with van der Waals surface area (Å²) in [7, 11) is 0. The molecule has 1 atom stereocenters. The molecular weight excluding hydrogens is 272 g/mol. The minimum absolute atomic E-state index is 0.0567. The van der Waals surface area contributed by atoms with Crippen LogP contribution in [0.25, 0.3) is 11.0 Å². The fraction of sp³-hybridized carbons (Fsp3) is 0.467. The fourth-order valence-electron chi connectivity index (χ4n) is 2.57. The van der Waals surface area contributed by atoms with Crippen LogP contribution in [0.15, 0.2) is 29.4 Å². The second-order valence-electron chi connectivity index (χ2n) is 5.49. The summed E-state index contributed by atoms with van der Waals surface area (Å²) in [5.74, 6) is 0.704. The monoisotopic (exact) mass is 290 g/mol. The third-order valence-electron chi connectivity index (χ3n) is 3.84. The highest BCUT2D eigenvalue weighted by Crippen LogP contribution is 2.38. The number of carboxylic acid groups (broad SMARTS) is 1. The maximum Gasteiger partial charge on any atom is 0.313 e. The first-order valence-electron chi connectivity index (χ1n) is 6.95. The Balaban J connectivity index is 1.91. The number of hydrogen-bond acceptors (Lipinski definition) is 3. The van der Waals surface area contributed by atoms with Crippen LogP contribution in [0.5, 0.6) is 0 Å². The van der Waals surface area contributed by atoms with Crippen LogP contribution in [0.4, 0.5) is 0 Å². The smallest absolute Gasteiger partial charge is 0.313 e. The molecule has 1 saturated carbocycles. The van der Waals surface area contributed by atoms with E-state index >= 15 is 0 Å².